The van der Waals surface area contributed by atoms with Gasteiger partial charge in [0.2, 0.25) is 15.9 Å². The summed E-state index contributed by atoms with van der Waals surface area (Å²) in [5.74, 6) is -1.55. The number of rotatable bonds is 8. The van der Waals surface area contributed by atoms with Crippen molar-refractivity contribution in [3.8, 4) is 0 Å². The molecule has 0 saturated heterocycles. The Balaban J connectivity index is 1.51. The highest BCUT2D eigenvalue weighted by atomic mass is 32.2. The number of carbonyl (C=O) groups is 3. The van der Waals surface area contributed by atoms with Crippen molar-refractivity contribution in [3.05, 3.63) is 59.7 Å². The molecule has 1 aliphatic rings. The highest BCUT2D eigenvalue weighted by molar-refractivity contribution is 7.89. The smallest absolute Gasteiger partial charge is 0.321 e. The van der Waals surface area contributed by atoms with Gasteiger partial charge in [-0.25, -0.2) is 8.42 Å². The molecule has 0 aromatic heterocycles. The molecule has 2 aromatic carbocycles. The summed E-state index contributed by atoms with van der Waals surface area (Å²) in [6.45, 7) is 0.310. The van der Waals surface area contributed by atoms with Crippen LogP contribution in [0.25, 0.3) is 0 Å². The van der Waals surface area contributed by atoms with Crippen LogP contribution < -0.4 is 10.6 Å². The van der Waals surface area contributed by atoms with E-state index in [1.165, 1.54) is 43.8 Å². The van der Waals surface area contributed by atoms with Crippen molar-refractivity contribution < 1.29 is 27.5 Å². The Bertz CT molecular complexity index is 1130. The van der Waals surface area contributed by atoms with Crippen LogP contribution in [0.5, 0.6) is 0 Å². The molecule has 9 nitrogen and oxygen atoms in total. The summed E-state index contributed by atoms with van der Waals surface area (Å²) in [5, 5.41) is 5.43. The van der Waals surface area contributed by atoms with E-state index in [9.17, 15) is 22.8 Å². The van der Waals surface area contributed by atoms with Crippen LogP contribution in [0, 0.1) is 0 Å². The Hall–Kier alpha value is -3.24. The van der Waals surface area contributed by atoms with Crippen LogP contribution in [0.4, 0.5) is 5.69 Å². The standard InChI is InChI=1S/C23H27N3O6S/c1-16(27)24-18-10-12-19(13-11-18)33(30,31)26(2)14-23(29)32-15-22(28)25-21-9-5-7-17-6-3-4-8-20(17)21/h3-4,6,8,10-13,21H,5,7,9,14-15H2,1-2H3,(H,24,27)(H,25,28)/t21-/m1/s1. The maximum Gasteiger partial charge on any atom is 0.321 e. The van der Waals surface area contributed by atoms with Gasteiger partial charge in [-0.15, -0.1) is 0 Å². The molecule has 33 heavy (non-hydrogen) atoms. The van der Waals surface area contributed by atoms with Crippen LogP contribution in [-0.4, -0.2) is 50.7 Å². The lowest BCUT2D eigenvalue weighted by Crippen LogP contribution is -2.37. The molecule has 2 N–H and O–H groups in total. The molecule has 0 unspecified atom stereocenters. The number of carbonyl (C=O) groups excluding carboxylic acids is 3. The van der Waals surface area contributed by atoms with Crippen molar-refractivity contribution in [1.29, 1.82) is 0 Å². The van der Waals surface area contributed by atoms with Gasteiger partial charge in [0.05, 0.1) is 10.9 Å². The lowest BCUT2D eigenvalue weighted by Gasteiger charge is -2.26. The predicted molar refractivity (Wildman–Crippen MR) is 122 cm³/mol. The van der Waals surface area contributed by atoms with Crippen LogP contribution in [0.3, 0.4) is 0 Å². The van der Waals surface area contributed by atoms with E-state index in [1.54, 1.807) is 0 Å². The third kappa shape index (κ3) is 6.39. The zero-order valence-corrected chi connectivity index (χ0v) is 19.4. The minimum atomic E-state index is -3.95. The summed E-state index contributed by atoms with van der Waals surface area (Å²) in [5.41, 5.74) is 2.72. The number of benzene rings is 2. The lowest BCUT2D eigenvalue weighted by atomic mass is 9.88. The molecular formula is C23H27N3O6S. The summed E-state index contributed by atoms with van der Waals surface area (Å²) in [4.78, 5) is 35.5. The first-order chi connectivity index (χ1) is 15.7. The molecular weight excluding hydrogens is 446 g/mol. The highest BCUT2D eigenvalue weighted by Gasteiger charge is 2.25. The molecule has 1 aliphatic carbocycles. The zero-order valence-electron chi connectivity index (χ0n) is 18.5. The van der Waals surface area contributed by atoms with Crippen molar-refractivity contribution >= 4 is 33.5 Å². The molecule has 0 fully saturated rings. The maximum absolute atomic E-state index is 12.7. The Kier molecular flexibility index (Phi) is 7.83. The number of hydrogen-bond acceptors (Lipinski definition) is 6. The summed E-state index contributed by atoms with van der Waals surface area (Å²) in [6.07, 6.45) is 2.73. The van der Waals surface area contributed by atoms with Gasteiger partial charge in [-0.05, 0) is 54.7 Å². The normalized spacial score (nSPS) is 15.4. The Morgan fingerprint density at radius 1 is 1.09 bits per heavy atom. The molecule has 3 rings (SSSR count). The SMILES string of the molecule is CC(=O)Nc1ccc(S(=O)(=O)N(C)CC(=O)OCC(=O)N[C@@H]2CCCc3ccccc32)cc1. The fourth-order valence-corrected chi connectivity index (χ4v) is 4.81. The van der Waals surface area contributed by atoms with Gasteiger partial charge in [0.25, 0.3) is 5.91 Å². The van der Waals surface area contributed by atoms with E-state index in [0.29, 0.717) is 5.69 Å². The first-order valence-corrected chi connectivity index (χ1v) is 12.0. The number of amides is 2. The summed E-state index contributed by atoms with van der Waals surface area (Å²) in [7, 11) is -2.71. The van der Waals surface area contributed by atoms with Crippen molar-refractivity contribution in [3.63, 3.8) is 0 Å². The van der Waals surface area contributed by atoms with Crippen molar-refractivity contribution in [2.75, 3.05) is 25.5 Å². The number of likely N-dealkylation sites (N-methyl/N-ethyl adjacent to an activating group) is 1. The first kappa shape index (κ1) is 24.4. The molecule has 2 aromatic rings. The molecule has 1 atom stereocenters. The van der Waals surface area contributed by atoms with Gasteiger partial charge >= 0.3 is 5.97 Å². The van der Waals surface area contributed by atoms with Gasteiger partial charge in [-0.3, -0.25) is 14.4 Å². The largest absolute Gasteiger partial charge is 0.455 e. The third-order valence-electron chi connectivity index (χ3n) is 5.30. The fourth-order valence-electron chi connectivity index (χ4n) is 3.69. The van der Waals surface area contributed by atoms with E-state index < -0.39 is 35.1 Å². The molecule has 0 heterocycles. The summed E-state index contributed by atoms with van der Waals surface area (Å²) < 4.78 is 31.2. The van der Waals surface area contributed by atoms with Gasteiger partial charge in [-0.2, -0.15) is 4.31 Å². The molecule has 2 amide bonds. The topological polar surface area (TPSA) is 122 Å². The number of esters is 1. The second-order valence-electron chi connectivity index (χ2n) is 7.84. The monoisotopic (exact) mass is 473 g/mol. The van der Waals surface area contributed by atoms with E-state index in [0.717, 1.165) is 29.1 Å². The summed E-state index contributed by atoms with van der Waals surface area (Å²) in [6, 6.07) is 13.3. The summed E-state index contributed by atoms with van der Waals surface area (Å²) >= 11 is 0. The van der Waals surface area contributed by atoms with E-state index in [2.05, 4.69) is 10.6 Å². The van der Waals surface area contributed by atoms with Gasteiger partial charge in [0.1, 0.15) is 6.54 Å². The number of ether oxygens (including phenoxy) is 1. The number of fused-ring (bicyclic) bond motifs is 1. The van der Waals surface area contributed by atoms with Crippen LogP contribution in [0.15, 0.2) is 53.4 Å². The van der Waals surface area contributed by atoms with E-state index in [1.807, 2.05) is 24.3 Å². The zero-order chi connectivity index (χ0) is 24.0. The van der Waals surface area contributed by atoms with Crippen LogP contribution in [-0.2, 0) is 35.6 Å². The maximum atomic E-state index is 12.7. The lowest BCUT2D eigenvalue weighted by molar-refractivity contribution is -0.148. The first-order valence-electron chi connectivity index (χ1n) is 10.5. The minimum Gasteiger partial charge on any atom is -0.455 e. The number of nitrogens with one attached hydrogen (secondary N) is 2. The highest BCUT2D eigenvalue weighted by Crippen LogP contribution is 2.29. The van der Waals surface area contributed by atoms with Crippen molar-refractivity contribution in [1.82, 2.24) is 9.62 Å². The Morgan fingerprint density at radius 2 is 1.79 bits per heavy atom. The molecule has 10 heteroatoms. The van der Waals surface area contributed by atoms with Crippen LogP contribution >= 0.6 is 0 Å². The van der Waals surface area contributed by atoms with E-state index >= 15 is 0 Å². The Morgan fingerprint density at radius 3 is 2.48 bits per heavy atom. The number of nitrogens with zero attached hydrogens (tertiary/aromatic N) is 1. The fraction of sp³-hybridized carbons (Fsp3) is 0.348. The number of anilines is 1. The number of aryl methyl sites for hydroxylation is 1. The predicted octanol–water partition coefficient (Wildman–Crippen LogP) is 2.00. The molecule has 0 spiro atoms. The van der Waals surface area contributed by atoms with Crippen molar-refractivity contribution in [2.45, 2.75) is 37.1 Å². The van der Waals surface area contributed by atoms with Crippen LogP contribution in [0.2, 0.25) is 0 Å². The average molecular weight is 474 g/mol. The van der Waals surface area contributed by atoms with E-state index in [4.69, 9.17) is 4.74 Å². The molecule has 0 bridgehead atoms. The van der Waals surface area contributed by atoms with Gasteiger partial charge in [-0.1, -0.05) is 24.3 Å². The minimum absolute atomic E-state index is 0.0411. The molecule has 176 valence electrons. The van der Waals surface area contributed by atoms with Crippen molar-refractivity contribution in [2.24, 2.45) is 0 Å². The van der Waals surface area contributed by atoms with Gasteiger partial charge in [0.15, 0.2) is 6.61 Å². The molecule has 0 saturated carbocycles. The number of sulfonamides is 1. The quantitative estimate of drug-likeness (QED) is 0.566. The second kappa shape index (κ2) is 10.6. The third-order valence-corrected chi connectivity index (χ3v) is 7.12. The second-order valence-corrected chi connectivity index (χ2v) is 9.88. The Labute approximate surface area is 193 Å². The molecule has 0 radical (unpaired) electrons. The average Bonchev–Trinajstić information content (AvgIpc) is 2.78. The van der Waals surface area contributed by atoms with Crippen LogP contribution in [0.1, 0.15) is 36.9 Å². The van der Waals surface area contributed by atoms with Gasteiger partial charge in [0, 0.05) is 19.7 Å². The molecule has 0 aliphatic heterocycles. The van der Waals surface area contributed by atoms with Gasteiger partial charge < -0.3 is 15.4 Å². The van der Waals surface area contributed by atoms with E-state index in [-0.39, 0.29) is 16.8 Å². The number of hydrogen-bond donors (Lipinski definition) is 2.